The monoisotopic (exact) mass is 359 g/mol. The fraction of sp³-hybridized carbons (Fsp3) is 0.600. The number of likely N-dealkylation sites (tertiary alicyclic amines) is 1. The minimum absolute atomic E-state index is 0.000660. The van der Waals surface area contributed by atoms with Crippen LogP contribution >= 0.6 is 0 Å². The highest BCUT2D eigenvalue weighted by Gasteiger charge is 2.39. The standard InChI is InChI=1S/C20H29N3O3/c1-3-26-18-9-5-4-8-17(18)23-14-16(11-19(23)24)20(25)22-10-6-7-15(13-22)12-21-2/h4-5,8-9,15-16,21H,3,6-7,10-14H2,1-2H3. The van der Waals surface area contributed by atoms with Crippen molar-refractivity contribution in [1.82, 2.24) is 10.2 Å². The zero-order chi connectivity index (χ0) is 18.5. The second kappa shape index (κ2) is 8.54. The Labute approximate surface area is 155 Å². The third-order valence-electron chi connectivity index (χ3n) is 5.25. The fourth-order valence-electron chi connectivity index (χ4n) is 4.04. The van der Waals surface area contributed by atoms with Crippen molar-refractivity contribution in [2.24, 2.45) is 11.8 Å². The van der Waals surface area contributed by atoms with Gasteiger partial charge in [0.15, 0.2) is 0 Å². The molecular weight excluding hydrogens is 330 g/mol. The third kappa shape index (κ3) is 4.01. The van der Waals surface area contributed by atoms with Crippen molar-refractivity contribution in [3.05, 3.63) is 24.3 Å². The van der Waals surface area contributed by atoms with Gasteiger partial charge in [0.05, 0.1) is 18.2 Å². The Morgan fingerprint density at radius 2 is 2.12 bits per heavy atom. The quantitative estimate of drug-likeness (QED) is 0.843. The van der Waals surface area contributed by atoms with Crippen molar-refractivity contribution in [1.29, 1.82) is 0 Å². The van der Waals surface area contributed by atoms with Gasteiger partial charge in [-0.15, -0.1) is 0 Å². The molecular formula is C20H29N3O3. The summed E-state index contributed by atoms with van der Waals surface area (Å²) >= 11 is 0. The highest BCUT2D eigenvalue weighted by molar-refractivity contribution is 6.01. The molecule has 0 aromatic heterocycles. The molecule has 2 unspecified atom stereocenters. The Balaban J connectivity index is 1.68. The first-order valence-corrected chi connectivity index (χ1v) is 9.59. The van der Waals surface area contributed by atoms with Crippen LogP contribution in [0.5, 0.6) is 5.75 Å². The molecule has 2 atom stereocenters. The van der Waals surface area contributed by atoms with Crippen LogP contribution in [0.2, 0.25) is 0 Å². The van der Waals surface area contributed by atoms with Crippen molar-refractivity contribution >= 4 is 17.5 Å². The van der Waals surface area contributed by atoms with Crippen molar-refractivity contribution in [2.45, 2.75) is 26.2 Å². The number of carbonyl (C=O) groups excluding carboxylic acids is 2. The Morgan fingerprint density at radius 3 is 2.88 bits per heavy atom. The lowest BCUT2D eigenvalue weighted by atomic mass is 9.96. The highest BCUT2D eigenvalue weighted by Crippen LogP contribution is 2.34. The number of amides is 2. The van der Waals surface area contributed by atoms with Crippen molar-refractivity contribution in [2.75, 3.05) is 44.7 Å². The van der Waals surface area contributed by atoms with Crippen LogP contribution in [0, 0.1) is 11.8 Å². The summed E-state index contributed by atoms with van der Waals surface area (Å²) < 4.78 is 5.65. The van der Waals surface area contributed by atoms with E-state index in [0.717, 1.165) is 38.2 Å². The lowest BCUT2D eigenvalue weighted by Crippen LogP contribution is -2.45. The van der Waals surface area contributed by atoms with E-state index in [0.29, 0.717) is 24.8 Å². The van der Waals surface area contributed by atoms with Crippen LogP contribution in [0.15, 0.2) is 24.3 Å². The van der Waals surface area contributed by atoms with E-state index >= 15 is 0 Å². The molecule has 0 radical (unpaired) electrons. The van der Waals surface area contributed by atoms with Gasteiger partial charge in [-0.1, -0.05) is 12.1 Å². The molecule has 6 nitrogen and oxygen atoms in total. The predicted octanol–water partition coefficient (Wildman–Crippen LogP) is 1.90. The van der Waals surface area contributed by atoms with Gasteiger partial charge in [-0.3, -0.25) is 9.59 Å². The number of piperidine rings is 1. The van der Waals surface area contributed by atoms with E-state index in [1.165, 1.54) is 0 Å². The number of benzene rings is 1. The van der Waals surface area contributed by atoms with Crippen LogP contribution in [0.25, 0.3) is 0 Å². The lowest BCUT2D eigenvalue weighted by molar-refractivity contribution is -0.137. The second-order valence-electron chi connectivity index (χ2n) is 7.16. The summed E-state index contributed by atoms with van der Waals surface area (Å²) in [5, 5.41) is 3.21. The van der Waals surface area contributed by atoms with E-state index in [4.69, 9.17) is 4.74 Å². The van der Waals surface area contributed by atoms with Gasteiger partial charge in [-0.2, -0.15) is 0 Å². The Kier molecular flexibility index (Phi) is 6.14. The number of anilines is 1. The summed E-state index contributed by atoms with van der Waals surface area (Å²) in [6.07, 6.45) is 2.48. The maximum atomic E-state index is 13.0. The van der Waals surface area contributed by atoms with Gasteiger partial charge in [0.2, 0.25) is 11.8 Å². The van der Waals surface area contributed by atoms with Gasteiger partial charge in [-0.25, -0.2) is 0 Å². The van der Waals surface area contributed by atoms with Gasteiger partial charge in [-0.05, 0) is 51.4 Å². The fourth-order valence-corrected chi connectivity index (χ4v) is 4.04. The van der Waals surface area contributed by atoms with E-state index in [-0.39, 0.29) is 24.2 Å². The van der Waals surface area contributed by atoms with Gasteiger partial charge in [0.25, 0.3) is 0 Å². The number of nitrogens with one attached hydrogen (secondary N) is 1. The average Bonchev–Trinajstić information content (AvgIpc) is 3.04. The smallest absolute Gasteiger partial charge is 0.228 e. The molecule has 6 heteroatoms. The molecule has 0 aliphatic carbocycles. The van der Waals surface area contributed by atoms with Crippen molar-refractivity contribution in [3.8, 4) is 5.75 Å². The molecule has 2 heterocycles. The zero-order valence-electron chi connectivity index (χ0n) is 15.7. The summed E-state index contributed by atoms with van der Waals surface area (Å²) in [6.45, 7) is 5.43. The number of hydrogen-bond donors (Lipinski definition) is 1. The van der Waals surface area contributed by atoms with Crippen LogP contribution in [-0.2, 0) is 9.59 Å². The van der Waals surface area contributed by atoms with Gasteiger partial charge >= 0.3 is 0 Å². The summed E-state index contributed by atoms with van der Waals surface area (Å²) in [5.74, 6) is 1.06. The predicted molar refractivity (Wildman–Crippen MR) is 101 cm³/mol. The van der Waals surface area contributed by atoms with Gasteiger partial charge < -0.3 is 19.9 Å². The number of ether oxygens (including phenoxy) is 1. The topological polar surface area (TPSA) is 61.9 Å². The number of nitrogens with zero attached hydrogens (tertiary/aromatic N) is 2. The van der Waals surface area contributed by atoms with E-state index in [2.05, 4.69) is 5.32 Å². The van der Waals surface area contributed by atoms with E-state index in [1.807, 2.05) is 43.1 Å². The summed E-state index contributed by atoms with van der Waals surface area (Å²) in [7, 11) is 1.95. The molecule has 2 aliphatic rings. The van der Waals surface area contributed by atoms with E-state index in [9.17, 15) is 9.59 Å². The molecule has 1 aromatic rings. The molecule has 0 saturated carbocycles. The van der Waals surface area contributed by atoms with Gasteiger partial charge in [0.1, 0.15) is 5.75 Å². The Morgan fingerprint density at radius 1 is 1.31 bits per heavy atom. The molecule has 0 spiro atoms. The van der Waals surface area contributed by atoms with Crippen molar-refractivity contribution < 1.29 is 14.3 Å². The highest BCUT2D eigenvalue weighted by atomic mass is 16.5. The maximum Gasteiger partial charge on any atom is 0.228 e. The third-order valence-corrected chi connectivity index (χ3v) is 5.25. The largest absolute Gasteiger partial charge is 0.492 e. The first-order chi connectivity index (χ1) is 12.6. The lowest BCUT2D eigenvalue weighted by Gasteiger charge is -2.34. The normalized spacial score (nSPS) is 23.4. The molecule has 1 N–H and O–H groups in total. The zero-order valence-corrected chi connectivity index (χ0v) is 15.7. The molecule has 3 rings (SSSR count). The molecule has 2 fully saturated rings. The summed E-state index contributed by atoms with van der Waals surface area (Å²) in [6, 6.07) is 7.55. The minimum Gasteiger partial charge on any atom is -0.492 e. The van der Waals surface area contributed by atoms with E-state index in [1.54, 1.807) is 4.90 Å². The Hall–Kier alpha value is -2.08. The molecule has 1 aromatic carbocycles. The molecule has 142 valence electrons. The SMILES string of the molecule is CCOc1ccccc1N1CC(C(=O)N2CCCC(CNC)C2)CC1=O. The molecule has 2 saturated heterocycles. The second-order valence-corrected chi connectivity index (χ2v) is 7.16. The Bertz CT molecular complexity index is 647. The first kappa shape index (κ1) is 18.7. The van der Waals surface area contributed by atoms with Gasteiger partial charge in [0, 0.05) is 26.1 Å². The van der Waals surface area contributed by atoms with Crippen LogP contribution in [0.4, 0.5) is 5.69 Å². The molecule has 26 heavy (non-hydrogen) atoms. The minimum atomic E-state index is -0.259. The number of rotatable bonds is 6. The van der Waals surface area contributed by atoms with Crippen molar-refractivity contribution in [3.63, 3.8) is 0 Å². The summed E-state index contributed by atoms with van der Waals surface area (Å²) in [5.41, 5.74) is 0.765. The van der Waals surface area contributed by atoms with Crippen LogP contribution in [0.1, 0.15) is 26.2 Å². The first-order valence-electron chi connectivity index (χ1n) is 9.59. The molecule has 2 amide bonds. The molecule has 0 bridgehead atoms. The van der Waals surface area contributed by atoms with Crippen LogP contribution < -0.4 is 15.0 Å². The summed E-state index contributed by atoms with van der Waals surface area (Å²) in [4.78, 5) is 29.2. The number of para-hydroxylation sites is 2. The van der Waals surface area contributed by atoms with E-state index < -0.39 is 0 Å². The van der Waals surface area contributed by atoms with Crippen LogP contribution in [-0.4, -0.2) is 56.5 Å². The maximum absolute atomic E-state index is 13.0. The number of hydrogen-bond acceptors (Lipinski definition) is 4. The van der Waals surface area contributed by atoms with Crippen LogP contribution in [0.3, 0.4) is 0 Å². The average molecular weight is 359 g/mol. The number of carbonyl (C=O) groups is 2. The molecule has 2 aliphatic heterocycles.